The van der Waals surface area contributed by atoms with E-state index in [2.05, 4.69) is 21.3 Å². The molecule has 22 nitrogen and oxygen atoms in total. The maximum absolute atomic E-state index is 15.1. The second kappa shape index (κ2) is 34.8. The lowest BCUT2D eigenvalue weighted by Crippen LogP contribution is -2.62. The molecule has 0 radical (unpaired) electrons. The van der Waals surface area contributed by atoms with Crippen LogP contribution in [0.1, 0.15) is 163 Å². The molecule has 10 atom stereocenters. The highest BCUT2D eigenvalue weighted by atomic mass is 16.2. The molecule has 22 heteroatoms. The van der Waals surface area contributed by atoms with Crippen molar-refractivity contribution < 1.29 is 52.7 Å². The number of amides is 12. The third-order valence-electron chi connectivity index (χ3n) is 15.9. The van der Waals surface area contributed by atoms with Crippen molar-refractivity contribution in [3.05, 3.63) is 12.2 Å². The second-order valence-corrected chi connectivity index (χ2v) is 26.4. The molecule has 0 saturated carbocycles. The third kappa shape index (κ3) is 22.1. The van der Waals surface area contributed by atoms with Crippen LogP contribution in [-0.2, 0) is 47.9 Å². The highest BCUT2D eigenvalue weighted by Crippen LogP contribution is 2.25. The molecular weight excluding hydrogens is 1070 g/mol. The third-order valence-corrected chi connectivity index (χ3v) is 15.9. The molecule has 0 aromatic rings. The molecule has 6 unspecified atom stereocenters. The molecule has 4 N–H and O–H groups in total. The normalized spacial score (nSPS) is 25.7. The number of allylic oxidation sites excluding steroid dienone is 2. The summed E-state index contributed by atoms with van der Waals surface area (Å²) in [6, 6.07) is -11.5. The number of hydrogen-bond donors (Lipinski definition) is 4. The summed E-state index contributed by atoms with van der Waals surface area (Å²) in [5.41, 5.74) is 0. The molecule has 1 heterocycles. The zero-order chi connectivity index (χ0) is 65.1. The first-order valence-corrected chi connectivity index (χ1v) is 30.4. The molecule has 0 aromatic carbocycles. The number of nitrogens with zero attached hydrogens (tertiary/aromatic N) is 7. The fraction of sp³-hybridized carbons (Fsp3) is 0.790. The number of hydrogen-bond acceptors (Lipinski definition) is 11. The van der Waals surface area contributed by atoms with Gasteiger partial charge in [-0.25, -0.2) is 4.79 Å². The maximum Gasteiger partial charge on any atom is 0.324 e. The molecule has 480 valence electrons. The largest absolute Gasteiger partial charge is 0.343 e. The molecular formula is C62H111N11O11. The van der Waals surface area contributed by atoms with Gasteiger partial charge in [0.2, 0.25) is 59.1 Å². The van der Waals surface area contributed by atoms with Crippen molar-refractivity contribution >= 4 is 65.1 Å². The van der Waals surface area contributed by atoms with Gasteiger partial charge >= 0.3 is 6.03 Å². The summed E-state index contributed by atoms with van der Waals surface area (Å²) in [5.74, 6) is -8.40. The molecule has 0 bridgehead atoms. The number of likely N-dealkylation sites (N-methyl/N-ethyl adjacent to an activating group) is 7. The predicted molar refractivity (Wildman–Crippen MR) is 327 cm³/mol. The Morgan fingerprint density at radius 1 is 0.440 bits per heavy atom. The van der Waals surface area contributed by atoms with Gasteiger partial charge in [-0.2, -0.15) is 0 Å². The van der Waals surface area contributed by atoms with E-state index in [9.17, 15) is 43.2 Å². The molecule has 0 spiro atoms. The zero-order valence-electron chi connectivity index (χ0n) is 55.7. The van der Waals surface area contributed by atoms with E-state index in [1.165, 1.54) is 85.7 Å². The minimum Gasteiger partial charge on any atom is -0.343 e. The highest BCUT2D eigenvalue weighted by Gasteiger charge is 2.44. The lowest BCUT2D eigenvalue weighted by Gasteiger charge is -2.40. The molecule has 84 heavy (non-hydrogen) atoms. The van der Waals surface area contributed by atoms with Crippen molar-refractivity contribution in [3.8, 4) is 0 Å². The van der Waals surface area contributed by atoms with Crippen LogP contribution in [0, 0.1) is 47.3 Å². The van der Waals surface area contributed by atoms with Gasteiger partial charge in [0.25, 0.3) is 0 Å². The Morgan fingerprint density at radius 2 is 0.833 bits per heavy atom. The fourth-order valence-corrected chi connectivity index (χ4v) is 10.5. The van der Waals surface area contributed by atoms with E-state index in [0.717, 1.165) is 4.90 Å². The Labute approximate surface area is 504 Å². The number of carbonyl (C=O) groups excluding carboxylic acids is 11. The summed E-state index contributed by atoms with van der Waals surface area (Å²) in [6.07, 6.45) is 5.98. The second-order valence-electron chi connectivity index (χ2n) is 26.4. The molecule has 12 amide bonds. The number of rotatable bonds is 16. The van der Waals surface area contributed by atoms with Crippen LogP contribution >= 0.6 is 0 Å². The van der Waals surface area contributed by atoms with Gasteiger partial charge in [0.1, 0.15) is 54.4 Å². The summed E-state index contributed by atoms with van der Waals surface area (Å²) in [6.45, 7) is 30.3. The van der Waals surface area contributed by atoms with E-state index < -0.39 is 144 Å². The standard InChI is InChI=1S/C62H111N11O11/c1-25-26-27-42(16)28-29-44-54(76)64-50(39(10)11)59(81)67(18)34-49(74)68(19)45(30-35(2)3)56(78)65-51(40(12)13)60(82)70(21)46(31-36(4)5)55(77)63-43(17)53(75)66-62(84)72(23)48(33-38(8)9)57(79)71(22)47(32-37(6)7)58(80)73(24)52(41(14)15)61(83)69(44)20/h25-26,35-48,50-52H,27-34H2,1-24H3,(H,63,77)(H,64,76)(H,65,78)(H,66,75,84)/b26-25+/t42-,43-,44?,45+,46?,47?,48-,50?,51?,52?/m1/s1. The minimum absolute atomic E-state index is 0.0932. The minimum atomic E-state index is -1.32. The van der Waals surface area contributed by atoms with Gasteiger partial charge in [0.05, 0.1) is 6.54 Å². The molecule has 1 rings (SSSR count). The highest BCUT2D eigenvalue weighted by molar-refractivity contribution is 6.02. The quantitative estimate of drug-likeness (QED) is 0.147. The van der Waals surface area contributed by atoms with Gasteiger partial charge in [-0.1, -0.05) is 116 Å². The number of nitrogens with one attached hydrogen (secondary N) is 4. The monoisotopic (exact) mass is 1190 g/mol. The van der Waals surface area contributed by atoms with Crippen LogP contribution in [0.5, 0.6) is 0 Å². The van der Waals surface area contributed by atoms with Crippen LogP contribution in [-0.4, -0.2) is 210 Å². The summed E-state index contributed by atoms with van der Waals surface area (Å²) in [7, 11) is 10.1. The van der Waals surface area contributed by atoms with Crippen LogP contribution < -0.4 is 21.3 Å². The lowest BCUT2D eigenvalue weighted by molar-refractivity contribution is -0.154. The zero-order valence-corrected chi connectivity index (χ0v) is 55.7. The molecule has 1 aliphatic heterocycles. The summed E-state index contributed by atoms with van der Waals surface area (Å²) in [5, 5.41) is 10.8. The van der Waals surface area contributed by atoms with Gasteiger partial charge < -0.3 is 50.2 Å². The van der Waals surface area contributed by atoms with Crippen molar-refractivity contribution in [2.45, 2.75) is 217 Å². The predicted octanol–water partition coefficient (Wildman–Crippen LogP) is 5.14. The summed E-state index contributed by atoms with van der Waals surface area (Å²) < 4.78 is 0. The van der Waals surface area contributed by atoms with Crippen LogP contribution in [0.4, 0.5) is 4.79 Å². The van der Waals surface area contributed by atoms with Crippen molar-refractivity contribution in [3.63, 3.8) is 0 Å². The Hall–Kier alpha value is -6.09. The Morgan fingerprint density at radius 3 is 1.29 bits per heavy atom. The topological polar surface area (TPSA) is 259 Å². The number of urea groups is 1. The first-order valence-electron chi connectivity index (χ1n) is 30.4. The first-order chi connectivity index (χ1) is 38.7. The maximum atomic E-state index is 15.1. The van der Waals surface area contributed by atoms with Gasteiger partial charge in [-0.15, -0.1) is 0 Å². The van der Waals surface area contributed by atoms with Crippen LogP contribution in [0.15, 0.2) is 12.2 Å². The first kappa shape index (κ1) is 75.9. The Balaban J connectivity index is 4.31. The van der Waals surface area contributed by atoms with E-state index in [1.807, 2.05) is 81.4 Å². The number of imide groups is 1. The smallest absolute Gasteiger partial charge is 0.324 e. The Bertz CT molecular complexity index is 2290. The van der Waals surface area contributed by atoms with Gasteiger partial charge in [-0.3, -0.25) is 53.3 Å². The molecule has 1 aliphatic rings. The van der Waals surface area contributed by atoms with Gasteiger partial charge in [0, 0.05) is 49.3 Å². The molecule has 1 saturated heterocycles. The van der Waals surface area contributed by atoms with Crippen molar-refractivity contribution in [2.75, 3.05) is 55.9 Å². The lowest BCUT2D eigenvalue weighted by atomic mass is 9.94. The van der Waals surface area contributed by atoms with E-state index >= 15 is 9.59 Å². The van der Waals surface area contributed by atoms with Crippen LogP contribution in [0.3, 0.4) is 0 Å². The molecule has 0 aliphatic carbocycles. The summed E-state index contributed by atoms with van der Waals surface area (Å²) in [4.78, 5) is 169. The van der Waals surface area contributed by atoms with Crippen molar-refractivity contribution in [2.24, 2.45) is 47.3 Å². The fourth-order valence-electron chi connectivity index (χ4n) is 10.5. The van der Waals surface area contributed by atoms with Crippen molar-refractivity contribution in [1.29, 1.82) is 0 Å². The van der Waals surface area contributed by atoms with E-state index in [1.54, 1.807) is 41.5 Å². The van der Waals surface area contributed by atoms with Crippen molar-refractivity contribution in [1.82, 2.24) is 55.6 Å². The molecule has 1 fully saturated rings. The SMILES string of the molecule is C/C=C/C[C@@H](C)CCC1C(=O)NC(C(C)C)C(=O)N(C)CC(=O)N(C)[C@@H](CC(C)C)C(=O)NC(C(C)C)C(=O)N(C)C(CC(C)C)C(=O)N[C@H](C)C(=O)NC(=O)N(C)[C@H](CC(C)C)C(=O)N(C)C(CC(C)C)C(=O)N(C)C(C(C)C)C(=O)N1C. The van der Waals surface area contributed by atoms with Crippen LogP contribution in [0.2, 0.25) is 0 Å². The van der Waals surface area contributed by atoms with E-state index in [4.69, 9.17) is 0 Å². The van der Waals surface area contributed by atoms with Gasteiger partial charge in [-0.05, 0) is 106 Å². The van der Waals surface area contributed by atoms with E-state index in [-0.39, 0.29) is 61.7 Å². The average molecular weight is 1190 g/mol. The average Bonchev–Trinajstić information content (AvgIpc) is 3.57. The van der Waals surface area contributed by atoms with Gasteiger partial charge in [0.15, 0.2) is 0 Å². The number of carbonyl (C=O) groups is 11. The van der Waals surface area contributed by atoms with E-state index in [0.29, 0.717) is 12.8 Å². The van der Waals surface area contributed by atoms with Crippen LogP contribution in [0.25, 0.3) is 0 Å². The summed E-state index contributed by atoms with van der Waals surface area (Å²) >= 11 is 0. The molecule has 0 aromatic heterocycles. The Kier molecular flexibility index (Phi) is 31.4.